The fourth-order valence-electron chi connectivity index (χ4n) is 1.54. The number of carbonyl (C=O) groups excluding carboxylic acids is 1. The first-order valence-electron chi connectivity index (χ1n) is 5.54. The van der Waals surface area contributed by atoms with Crippen LogP contribution in [-0.4, -0.2) is 28.9 Å². The van der Waals surface area contributed by atoms with Gasteiger partial charge < -0.3 is 9.84 Å². The van der Waals surface area contributed by atoms with Crippen molar-refractivity contribution in [3.8, 4) is 5.75 Å². The summed E-state index contributed by atoms with van der Waals surface area (Å²) in [6, 6.07) is 2.80. The summed E-state index contributed by atoms with van der Waals surface area (Å²) in [7, 11) is 0. The van der Waals surface area contributed by atoms with Crippen LogP contribution in [0.5, 0.6) is 5.75 Å². The van der Waals surface area contributed by atoms with Crippen LogP contribution in [0.4, 0.5) is 5.69 Å². The lowest BCUT2D eigenvalue weighted by molar-refractivity contribution is -0.385. The maximum atomic E-state index is 10.9. The molecule has 1 N–H and O–H groups in total. The van der Waals surface area contributed by atoms with Crippen LogP contribution >= 0.6 is 0 Å². The Labute approximate surface area is 109 Å². The van der Waals surface area contributed by atoms with Crippen molar-refractivity contribution in [2.75, 3.05) is 6.61 Å². The lowest BCUT2D eigenvalue weighted by Crippen LogP contribution is -2.05. The SMILES string of the molecule is Cc1cc(OCCCC(=O)O)c(C=O)c([N+](=O)[O-])c1. The van der Waals surface area contributed by atoms with Gasteiger partial charge in [-0.25, -0.2) is 0 Å². The fourth-order valence-corrected chi connectivity index (χ4v) is 1.54. The van der Waals surface area contributed by atoms with Gasteiger partial charge in [0, 0.05) is 12.5 Å². The van der Waals surface area contributed by atoms with Crippen LogP contribution in [0.2, 0.25) is 0 Å². The molecule has 0 aromatic heterocycles. The van der Waals surface area contributed by atoms with Crippen molar-refractivity contribution < 1.29 is 24.4 Å². The normalized spacial score (nSPS) is 9.95. The van der Waals surface area contributed by atoms with E-state index >= 15 is 0 Å². The van der Waals surface area contributed by atoms with Gasteiger partial charge in [0.25, 0.3) is 5.69 Å². The minimum atomic E-state index is -0.950. The quantitative estimate of drug-likeness (QED) is 0.350. The Hall–Kier alpha value is -2.44. The minimum Gasteiger partial charge on any atom is -0.493 e. The third-order valence-corrected chi connectivity index (χ3v) is 2.37. The second-order valence-corrected chi connectivity index (χ2v) is 3.92. The van der Waals surface area contributed by atoms with Crippen molar-refractivity contribution >= 4 is 17.9 Å². The largest absolute Gasteiger partial charge is 0.493 e. The zero-order valence-corrected chi connectivity index (χ0v) is 10.3. The summed E-state index contributed by atoms with van der Waals surface area (Å²) < 4.78 is 5.25. The van der Waals surface area contributed by atoms with Crippen LogP contribution < -0.4 is 4.74 Å². The van der Waals surface area contributed by atoms with E-state index < -0.39 is 10.9 Å². The number of nitrogens with zero attached hydrogens (tertiary/aromatic N) is 1. The lowest BCUT2D eigenvalue weighted by Gasteiger charge is -2.09. The molecule has 0 saturated heterocycles. The van der Waals surface area contributed by atoms with Gasteiger partial charge in [-0.15, -0.1) is 0 Å². The van der Waals surface area contributed by atoms with E-state index in [1.807, 2.05) is 0 Å². The lowest BCUT2D eigenvalue weighted by atomic mass is 10.1. The molecule has 0 saturated carbocycles. The molecule has 0 unspecified atom stereocenters. The molecule has 0 aliphatic heterocycles. The standard InChI is InChI=1S/C12H13NO6/c1-8-5-10(13(17)18)9(7-14)11(6-8)19-4-2-3-12(15)16/h5-7H,2-4H2,1H3,(H,15,16). The molecule has 0 fully saturated rings. The van der Waals surface area contributed by atoms with Gasteiger partial charge in [0.05, 0.1) is 11.5 Å². The van der Waals surface area contributed by atoms with Crippen molar-refractivity contribution in [3.05, 3.63) is 33.4 Å². The van der Waals surface area contributed by atoms with Gasteiger partial charge in [0.15, 0.2) is 6.29 Å². The first kappa shape index (κ1) is 14.6. The topological polar surface area (TPSA) is 107 Å². The van der Waals surface area contributed by atoms with Gasteiger partial charge >= 0.3 is 5.97 Å². The average molecular weight is 267 g/mol. The number of carboxylic acids is 1. The molecule has 0 bridgehead atoms. The molecule has 1 aromatic carbocycles. The molecule has 0 aliphatic rings. The number of carbonyl (C=O) groups is 2. The van der Waals surface area contributed by atoms with E-state index in [9.17, 15) is 19.7 Å². The maximum Gasteiger partial charge on any atom is 0.303 e. The second kappa shape index (κ2) is 6.48. The summed E-state index contributed by atoms with van der Waals surface area (Å²) in [6.07, 6.45) is 0.559. The molecule has 0 aliphatic carbocycles. The number of rotatable bonds is 7. The maximum absolute atomic E-state index is 10.9. The number of carboxylic acid groups (broad SMARTS) is 1. The summed E-state index contributed by atoms with van der Waals surface area (Å²) in [5.74, 6) is -0.846. The minimum absolute atomic E-state index is 0.0651. The molecule has 7 nitrogen and oxygen atoms in total. The highest BCUT2D eigenvalue weighted by atomic mass is 16.6. The zero-order chi connectivity index (χ0) is 14.4. The summed E-state index contributed by atoms with van der Waals surface area (Å²) in [5.41, 5.74) is 0.139. The van der Waals surface area contributed by atoms with Crippen LogP contribution in [0.1, 0.15) is 28.8 Å². The molecule has 0 amide bonds. The van der Waals surface area contributed by atoms with Crippen molar-refractivity contribution in [3.63, 3.8) is 0 Å². The average Bonchev–Trinajstić information content (AvgIpc) is 2.33. The van der Waals surface area contributed by atoms with E-state index in [2.05, 4.69) is 0 Å². The van der Waals surface area contributed by atoms with Crippen LogP contribution in [0.3, 0.4) is 0 Å². The van der Waals surface area contributed by atoms with Crippen molar-refractivity contribution in [2.45, 2.75) is 19.8 Å². The molecule has 1 rings (SSSR count). The highest BCUT2D eigenvalue weighted by Crippen LogP contribution is 2.28. The van der Waals surface area contributed by atoms with Gasteiger partial charge in [-0.2, -0.15) is 0 Å². The Morgan fingerprint density at radius 2 is 2.21 bits per heavy atom. The number of nitro groups is 1. The number of hydrogen-bond acceptors (Lipinski definition) is 5. The first-order valence-corrected chi connectivity index (χ1v) is 5.54. The molecule has 7 heteroatoms. The number of aryl methyl sites for hydroxylation is 1. The van der Waals surface area contributed by atoms with Crippen LogP contribution in [0, 0.1) is 17.0 Å². The van der Waals surface area contributed by atoms with Gasteiger partial charge in [-0.05, 0) is 25.0 Å². The van der Waals surface area contributed by atoms with Crippen LogP contribution in [0.15, 0.2) is 12.1 Å². The van der Waals surface area contributed by atoms with Gasteiger partial charge in [0.1, 0.15) is 11.3 Å². The van der Waals surface area contributed by atoms with Gasteiger partial charge in [-0.3, -0.25) is 19.7 Å². The highest BCUT2D eigenvalue weighted by Gasteiger charge is 2.19. The van der Waals surface area contributed by atoms with E-state index in [0.29, 0.717) is 11.8 Å². The van der Waals surface area contributed by atoms with E-state index in [1.165, 1.54) is 12.1 Å². The van der Waals surface area contributed by atoms with E-state index in [0.717, 1.165) is 0 Å². The Balaban J connectivity index is 2.90. The Morgan fingerprint density at radius 3 is 2.74 bits per heavy atom. The van der Waals surface area contributed by atoms with Crippen molar-refractivity contribution in [1.82, 2.24) is 0 Å². The van der Waals surface area contributed by atoms with E-state index in [-0.39, 0.29) is 36.4 Å². The number of ether oxygens (including phenoxy) is 1. The molecular weight excluding hydrogens is 254 g/mol. The molecule has 1 aromatic rings. The monoisotopic (exact) mass is 267 g/mol. The number of benzene rings is 1. The van der Waals surface area contributed by atoms with Crippen molar-refractivity contribution in [1.29, 1.82) is 0 Å². The third-order valence-electron chi connectivity index (χ3n) is 2.37. The Bertz CT molecular complexity index is 511. The van der Waals surface area contributed by atoms with E-state index in [1.54, 1.807) is 6.92 Å². The second-order valence-electron chi connectivity index (χ2n) is 3.92. The Kier molecular flexibility index (Phi) is 4.99. The first-order chi connectivity index (χ1) is 8.95. The third kappa shape index (κ3) is 4.06. The number of aliphatic carboxylic acids is 1. The van der Waals surface area contributed by atoms with Gasteiger partial charge in [0.2, 0.25) is 0 Å². The predicted octanol–water partition coefficient (Wildman–Crippen LogP) is 1.96. The van der Waals surface area contributed by atoms with Crippen LogP contribution in [0.25, 0.3) is 0 Å². The van der Waals surface area contributed by atoms with Crippen molar-refractivity contribution in [2.24, 2.45) is 0 Å². The van der Waals surface area contributed by atoms with Crippen LogP contribution in [-0.2, 0) is 4.79 Å². The molecule has 19 heavy (non-hydrogen) atoms. The number of hydrogen-bond donors (Lipinski definition) is 1. The summed E-state index contributed by atoms with van der Waals surface area (Å²) in [4.78, 5) is 31.4. The number of aldehydes is 1. The summed E-state index contributed by atoms with van der Waals surface area (Å²) in [5, 5.41) is 19.3. The van der Waals surface area contributed by atoms with Gasteiger partial charge in [-0.1, -0.05) is 0 Å². The summed E-state index contributed by atoms with van der Waals surface area (Å²) >= 11 is 0. The molecule has 102 valence electrons. The molecule has 0 spiro atoms. The van der Waals surface area contributed by atoms with E-state index in [4.69, 9.17) is 9.84 Å². The molecular formula is C12H13NO6. The smallest absolute Gasteiger partial charge is 0.303 e. The fraction of sp³-hybridized carbons (Fsp3) is 0.333. The molecule has 0 heterocycles. The Morgan fingerprint density at radius 1 is 1.53 bits per heavy atom. The predicted molar refractivity (Wildman–Crippen MR) is 65.6 cm³/mol. The molecule has 0 radical (unpaired) electrons. The zero-order valence-electron chi connectivity index (χ0n) is 10.3. The molecule has 0 atom stereocenters. The highest BCUT2D eigenvalue weighted by molar-refractivity contribution is 5.86. The summed E-state index contributed by atoms with van der Waals surface area (Å²) in [6.45, 7) is 1.72. The number of nitro benzene ring substituents is 1.